The van der Waals surface area contributed by atoms with E-state index in [2.05, 4.69) is 4.90 Å². The molecule has 2 aliphatic rings. The molecule has 0 spiro atoms. The van der Waals surface area contributed by atoms with Gasteiger partial charge in [-0.15, -0.1) is 11.3 Å². The maximum Gasteiger partial charge on any atom is 0.243 e. The van der Waals surface area contributed by atoms with E-state index < -0.39 is 10.0 Å². The Morgan fingerprint density at radius 2 is 1.77 bits per heavy atom. The molecule has 2 aliphatic heterocycles. The number of halogens is 1. The van der Waals surface area contributed by atoms with Crippen molar-refractivity contribution in [3.63, 3.8) is 0 Å². The Bertz CT molecular complexity index is 1370. The fraction of sp³-hybridized carbons (Fsp3) is 0.414. The Hall–Kier alpha value is -2.79. The minimum atomic E-state index is -3.88. The molecular formula is C29H34FN3O4S2. The highest BCUT2D eigenvalue weighted by Gasteiger charge is 2.35. The summed E-state index contributed by atoms with van der Waals surface area (Å²) in [5.41, 5.74) is 1.99. The van der Waals surface area contributed by atoms with Gasteiger partial charge in [0, 0.05) is 24.5 Å². The lowest BCUT2D eigenvalue weighted by Crippen LogP contribution is -2.49. The first-order valence-corrected chi connectivity index (χ1v) is 15.7. The molecule has 3 heterocycles. The number of hydrogen-bond acceptors (Lipinski definition) is 6. The van der Waals surface area contributed by atoms with Crippen molar-refractivity contribution < 1.29 is 22.3 Å². The molecule has 1 fully saturated rings. The first kappa shape index (κ1) is 27.8. The standard InChI is InChI=1S/C29H34FN3O4S2/c1-22-4-10-25(11-5-22)39(35,36)32(18-17-31-14-2-3-15-31)20-29(34)33-16-12-28-26(13-19-38-28)27(33)21-37-24-8-6-23(30)7-9-24/h4-11,13,19,27H,2-3,12,14-18,20-21H2,1H3. The molecule has 1 saturated heterocycles. The van der Waals surface area contributed by atoms with E-state index >= 15 is 0 Å². The molecule has 0 N–H and O–H groups in total. The molecule has 1 amide bonds. The average molecular weight is 572 g/mol. The predicted octanol–water partition coefficient (Wildman–Crippen LogP) is 4.49. The van der Waals surface area contributed by atoms with Crippen LogP contribution < -0.4 is 4.74 Å². The van der Waals surface area contributed by atoms with Crippen molar-refractivity contribution in [1.82, 2.24) is 14.1 Å². The van der Waals surface area contributed by atoms with Crippen molar-refractivity contribution in [1.29, 1.82) is 0 Å². The number of carbonyl (C=O) groups excluding carboxylic acids is 1. The van der Waals surface area contributed by atoms with E-state index in [1.54, 1.807) is 52.6 Å². The van der Waals surface area contributed by atoms with Crippen LogP contribution in [0.25, 0.3) is 0 Å². The van der Waals surface area contributed by atoms with Crippen molar-refractivity contribution in [2.45, 2.75) is 37.1 Å². The van der Waals surface area contributed by atoms with Crippen molar-refractivity contribution in [3.8, 4) is 5.75 Å². The van der Waals surface area contributed by atoms with Gasteiger partial charge in [0.25, 0.3) is 0 Å². The maximum absolute atomic E-state index is 13.8. The number of benzene rings is 2. The molecule has 0 radical (unpaired) electrons. The molecule has 10 heteroatoms. The molecule has 3 aromatic rings. The number of sulfonamides is 1. The zero-order valence-corrected chi connectivity index (χ0v) is 23.7. The zero-order chi connectivity index (χ0) is 27.4. The molecule has 7 nitrogen and oxygen atoms in total. The first-order valence-electron chi connectivity index (χ1n) is 13.3. The number of nitrogens with zero attached hydrogens (tertiary/aromatic N) is 3. The van der Waals surface area contributed by atoms with Crippen LogP contribution in [0.5, 0.6) is 5.75 Å². The van der Waals surface area contributed by atoms with E-state index in [0.717, 1.165) is 37.1 Å². The second-order valence-electron chi connectivity index (χ2n) is 10.1. The van der Waals surface area contributed by atoms with Crippen LogP contribution in [0.2, 0.25) is 0 Å². The summed E-state index contributed by atoms with van der Waals surface area (Å²) >= 11 is 1.65. The molecule has 5 rings (SSSR count). The van der Waals surface area contributed by atoms with E-state index in [4.69, 9.17) is 4.74 Å². The molecule has 0 bridgehead atoms. The van der Waals surface area contributed by atoms with E-state index in [0.29, 0.717) is 25.3 Å². The fourth-order valence-electron chi connectivity index (χ4n) is 5.22. The lowest BCUT2D eigenvalue weighted by molar-refractivity contribution is -0.135. The molecule has 2 aromatic carbocycles. The number of likely N-dealkylation sites (tertiary alicyclic amines) is 1. The van der Waals surface area contributed by atoms with E-state index in [-0.39, 0.29) is 42.4 Å². The minimum Gasteiger partial charge on any atom is -0.491 e. The average Bonchev–Trinajstić information content (AvgIpc) is 3.63. The van der Waals surface area contributed by atoms with Gasteiger partial charge in [0.2, 0.25) is 15.9 Å². The van der Waals surface area contributed by atoms with E-state index in [1.807, 2.05) is 18.4 Å². The third-order valence-electron chi connectivity index (χ3n) is 7.47. The lowest BCUT2D eigenvalue weighted by atomic mass is 10.0. The summed E-state index contributed by atoms with van der Waals surface area (Å²) in [6.45, 7) is 5.07. The monoisotopic (exact) mass is 571 g/mol. The molecule has 0 saturated carbocycles. The summed E-state index contributed by atoms with van der Waals surface area (Å²) in [4.78, 5) is 19.2. The van der Waals surface area contributed by atoms with Crippen molar-refractivity contribution in [3.05, 3.63) is 81.8 Å². The van der Waals surface area contributed by atoms with Crippen LogP contribution in [0.3, 0.4) is 0 Å². The first-order chi connectivity index (χ1) is 18.8. The number of amides is 1. The molecule has 1 atom stereocenters. The van der Waals surface area contributed by atoms with Gasteiger partial charge >= 0.3 is 0 Å². The van der Waals surface area contributed by atoms with Crippen LogP contribution in [-0.2, 0) is 21.2 Å². The van der Waals surface area contributed by atoms with Crippen LogP contribution in [0, 0.1) is 12.7 Å². The molecule has 1 aromatic heterocycles. The van der Waals surface area contributed by atoms with Gasteiger partial charge in [0.1, 0.15) is 18.2 Å². The van der Waals surface area contributed by atoms with Gasteiger partial charge in [-0.05, 0) is 92.7 Å². The molecule has 1 unspecified atom stereocenters. The summed E-state index contributed by atoms with van der Waals surface area (Å²) in [5, 5.41) is 2.01. The largest absolute Gasteiger partial charge is 0.491 e. The topological polar surface area (TPSA) is 70.2 Å². The highest BCUT2D eigenvalue weighted by molar-refractivity contribution is 7.89. The van der Waals surface area contributed by atoms with Crippen molar-refractivity contribution in [2.75, 3.05) is 45.9 Å². The van der Waals surface area contributed by atoms with Gasteiger partial charge in [-0.2, -0.15) is 4.31 Å². The second-order valence-corrected chi connectivity index (χ2v) is 13.1. The quantitative estimate of drug-likeness (QED) is 0.359. The molecule has 0 aliphatic carbocycles. The van der Waals surface area contributed by atoms with Crippen LogP contribution in [-0.4, -0.2) is 74.3 Å². The fourth-order valence-corrected chi connectivity index (χ4v) is 7.53. The van der Waals surface area contributed by atoms with Gasteiger partial charge in [0.05, 0.1) is 17.5 Å². The normalized spacial score (nSPS) is 17.9. The van der Waals surface area contributed by atoms with Gasteiger partial charge in [-0.3, -0.25) is 4.79 Å². The summed E-state index contributed by atoms with van der Waals surface area (Å²) in [7, 11) is -3.88. The van der Waals surface area contributed by atoms with Gasteiger partial charge in [0.15, 0.2) is 0 Å². The van der Waals surface area contributed by atoms with Crippen LogP contribution in [0.15, 0.2) is 64.9 Å². The summed E-state index contributed by atoms with van der Waals surface area (Å²) in [5.74, 6) is -0.0854. The highest BCUT2D eigenvalue weighted by atomic mass is 32.2. The smallest absolute Gasteiger partial charge is 0.243 e. The maximum atomic E-state index is 13.8. The third kappa shape index (κ3) is 6.51. The second kappa shape index (κ2) is 12.2. The number of thiophene rings is 1. The van der Waals surface area contributed by atoms with Crippen LogP contribution in [0.4, 0.5) is 4.39 Å². The van der Waals surface area contributed by atoms with Crippen molar-refractivity contribution in [2.24, 2.45) is 0 Å². The van der Waals surface area contributed by atoms with E-state index in [9.17, 15) is 17.6 Å². The SMILES string of the molecule is Cc1ccc(S(=O)(=O)N(CCN2CCCC2)CC(=O)N2CCc3sccc3C2COc2ccc(F)cc2)cc1. The van der Waals surface area contributed by atoms with Crippen LogP contribution in [0.1, 0.15) is 34.9 Å². The molecule has 39 heavy (non-hydrogen) atoms. The lowest BCUT2D eigenvalue weighted by Gasteiger charge is -2.37. The van der Waals surface area contributed by atoms with Gasteiger partial charge in [-0.1, -0.05) is 17.7 Å². The number of ether oxygens (including phenoxy) is 1. The Morgan fingerprint density at radius 1 is 1.05 bits per heavy atom. The Balaban J connectivity index is 1.36. The minimum absolute atomic E-state index is 0.192. The van der Waals surface area contributed by atoms with E-state index in [1.165, 1.54) is 21.3 Å². The summed E-state index contributed by atoms with van der Waals surface area (Å²) in [6, 6.07) is 14.2. The van der Waals surface area contributed by atoms with Gasteiger partial charge < -0.3 is 14.5 Å². The third-order valence-corrected chi connectivity index (χ3v) is 10.3. The number of fused-ring (bicyclic) bond motifs is 1. The molecule has 208 valence electrons. The summed E-state index contributed by atoms with van der Waals surface area (Å²) < 4.78 is 48.1. The Labute approximate surface area is 233 Å². The Kier molecular flexibility index (Phi) is 8.66. The number of rotatable bonds is 10. The van der Waals surface area contributed by atoms with Crippen LogP contribution >= 0.6 is 11.3 Å². The van der Waals surface area contributed by atoms with Gasteiger partial charge in [-0.25, -0.2) is 12.8 Å². The number of hydrogen-bond donors (Lipinski definition) is 0. The summed E-state index contributed by atoms with van der Waals surface area (Å²) in [6.07, 6.45) is 2.93. The zero-order valence-electron chi connectivity index (χ0n) is 22.1. The Morgan fingerprint density at radius 3 is 2.49 bits per heavy atom. The molecular weight excluding hydrogens is 537 g/mol. The van der Waals surface area contributed by atoms with Crippen molar-refractivity contribution >= 4 is 27.3 Å². The number of aryl methyl sites for hydroxylation is 1. The highest BCUT2D eigenvalue weighted by Crippen LogP contribution is 2.34. The predicted molar refractivity (Wildman–Crippen MR) is 150 cm³/mol. The number of carbonyl (C=O) groups is 1.